The van der Waals surface area contributed by atoms with Crippen LogP contribution in [0.3, 0.4) is 0 Å². The van der Waals surface area contributed by atoms with E-state index in [0.29, 0.717) is 11.5 Å². The topological polar surface area (TPSA) is 50.4 Å². The van der Waals surface area contributed by atoms with Crippen LogP contribution in [0.15, 0.2) is 18.2 Å². The SMILES string of the molecule is Cc1ccc(C)c(NC(=S)N[C@@H]2C[C@@H](C)OC2=O)c1. The largest absolute Gasteiger partial charge is 0.461 e. The summed E-state index contributed by atoms with van der Waals surface area (Å²) in [4.78, 5) is 11.5. The molecule has 1 saturated heterocycles. The van der Waals surface area contributed by atoms with Crippen molar-refractivity contribution in [1.82, 2.24) is 5.32 Å². The smallest absolute Gasteiger partial charge is 0.329 e. The maximum absolute atomic E-state index is 11.5. The first-order valence-electron chi connectivity index (χ1n) is 6.31. The predicted octanol–water partition coefficient (Wildman–Crippen LogP) is 2.29. The number of cyclic esters (lactones) is 1. The van der Waals surface area contributed by atoms with Crippen molar-refractivity contribution < 1.29 is 9.53 Å². The number of rotatable bonds is 2. The molecule has 2 rings (SSSR count). The van der Waals surface area contributed by atoms with Gasteiger partial charge in [0.15, 0.2) is 5.11 Å². The minimum Gasteiger partial charge on any atom is -0.461 e. The maximum atomic E-state index is 11.5. The molecule has 1 aliphatic rings. The van der Waals surface area contributed by atoms with Crippen LogP contribution >= 0.6 is 12.2 Å². The average molecular weight is 278 g/mol. The highest BCUT2D eigenvalue weighted by molar-refractivity contribution is 7.80. The second-order valence-electron chi connectivity index (χ2n) is 4.95. The van der Waals surface area contributed by atoms with E-state index in [9.17, 15) is 4.79 Å². The van der Waals surface area contributed by atoms with E-state index in [-0.39, 0.29) is 18.1 Å². The lowest BCUT2D eigenvalue weighted by atomic mass is 10.1. The van der Waals surface area contributed by atoms with Crippen molar-refractivity contribution >= 4 is 29.0 Å². The molecule has 0 aliphatic carbocycles. The third-order valence-electron chi connectivity index (χ3n) is 3.12. The van der Waals surface area contributed by atoms with Crippen molar-refractivity contribution in [3.05, 3.63) is 29.3 Å². The fourth-order valence-corrected chi connectivity index (χ4v) is 2.31. The molecule has 1 aliphatic heterocycles. The fourth-order valence-electron chi connectivity index (χ4n) is 2.06. The Labute approximate surface area is 118 Å². The van der Waals surface area contributed by atoms with Gasteiger partial charge in [-0.05, 0) is 50.2 Å². The van der Waals surface area contributed by atoms with Gasteiger partial charge in [-0.25, -0.2) is 4.79 Å². The number of anilines is 1. The summed E-state index contributed by atoms with van der Waals surface area (Å²) in [6.45, 7) is 5.91. The minimum absolute atomic E-state index is 0.0477. The zero-order valence-electron chi connectivity index (χ0n) is 11.3. The van der Waals surface area contributed by atoms with Gasteiger partial charge in [0, 0.05) is 12.1 Å². The Morgan fingerprint density at radius 2 is 2.16 bits per heavy atom. The molecule has 102 valence electrons. The van der Waals surface area contributed by atoms with Crippen LogP contribution in [0.5, 0.6) is 0 Å². The van der Waals surface area contributed by atoms with Crippen LogP contribution in [0.2, 0.25) is 0 Å². The monoisotopic (exact) mass is 278 g/mol. The van der Waals surface area contributed by atoms with E-state index in [1.165, 1.54) is 0 Å². The van der Waals surface area contributed by atoms with Gasteiger partial charge in [-0.15, -0.1) is 0 Å². The lowest BCUT2D eigenvalue weighted by molar-refractivity contribution is -0.142. The molecule has 1 heterocycles. The van der Waals surface area contributed by atoms with E-state index < -0.39 is 0 Å². The molecule has 1 aromatic rings. The Morgan fingerprint density at radius 1 is 1.42 bits per heavy atom. The van der Waals surface area contributed by atoms with Gasteiger partial charge >= 0.3 is 5.97 Å². The van der Waals surface area contributed by atoms with Crippen LogP contribution in [0.25, 0.3) is 0 Å². The summed E-state index contributed by atoms with van der Waals surface area (Å²) in [5.41, 5.74) is 3.22. The van der Waals surface area contributed by atoms with E-state index in [4.69, 9.17) is 17.0 Å². The first-order valence-corrected chi connectivity index (χ1v) is 6.72. The van der Waals surface area contributed by atoms with E-state index in [1.54, 1.807) is 0 Å². The van der Waals surface area contributed by atoms with Crippen LogP contribution in [-0.4, -0.2) is 23.2 Å². The molecule has 0 aromatic heterocycles. The van der Waals surface area contributed by atoms with E-state index in [1.807, 2.05) is 39.0 Å². The summed E-state index contributed by atoms with van der Waals surface area (Å²) >= 11 is 5.24. The van der Waals surface area contributed by atoms with Gasteiger partial charge in [0.05, 0.1) is 0 Å². The molecular weight excluding hydrogens is 260 g/mol. The number of ether oxygens (including phenoxy) is 1. The quantitative estimate of drug-likeness (QED) is 0.642. The van der Waals surface area contributed by atoms with Gasteiger partial charge in [-0.3, -0.25) is 0 Å². The number of nitrogens with one attached hydrogen (secondary N) is 2. The van der Waals surface area contributed by atoms with Gasteiger partial charge in [0.2, 0.25) is 0 Å². The van der Waals surface area contributed by atoms with Gasteiger partial charge in [-0.1, -0.05) is 12.1 Å². The molecular formula is C14H18N2O2S. The Bertz CT molecular complexity index is 516. The molecule has 0 saturated carbocycles. The van der Waals surface area contributed by atoms with Crippen molar-refractivity contribution in [2.45, 2.75) is 39.3 Å². The molecule has 1 fully saturated rings. The standard InChI is InChI=1S/C14H18N2O2S/c1-8-4-5-9(2)11(6-8)15-14(19)16-12-7-10(3)18-13(12)17/h4-6,10,12H,7H2,1-3H3,(H2,15,16,19)/t10-,12-/m1/s1. The summed E-state index contributed by atoms with van der Waals surface area (Å²) in [7, 11) is 0. The summed E-state index contributed by atoms with van der Waals surface area (Å²) in [5.74, 6) is -0.238. The Hall–Kier alpha value is -1.62. The highest BCUT2D eigenvalue weighted by Crippen LogP contribution is 2.17. The van der Waals surface area contributed by atoms with Crippen LogP contribution in [0.4, 0.5) is 5.69 Å². The van der Waals surface area contributed by atoms with Crippen molar-refractivity contribution in [2.75, 3.05) is 5.32 Å². The Morgan fingerprint density at radius 3 is 2.79 bits per heavy atom. The Balaban J connectivity index is 1.98. The van der Waals surface area contributed by atoms with Crippen LogP contribution in [0, 0.1) is 13.8 Å². The number of hydrogen-bond acceptors (Lipinski definition) is 3. The number of aryl methyl sites for hydroxylation is 2. The third kappa shape index (κ3) is 3.44. The summed E-state index contributed by atoms with van der Waals surface area (Å²) in [6, 6.07) is 5.76. The Kier molecular flexibility index (Phi) is 4.04. The van der Waals surface area contributed by atoms with Gasteiger partial charge in [0.1, 0.15) is 12.1 Å². The zero-order chi connectivity index (χ0) is 14.0. The first kappa shape index (κ1) is 13.8. The first-order chi connectivity index (χ1) is 8.95. The molecule has 2 N–H and O–H groups in total. The second kappa shape index (κ2) is 5.57. The molecule has 0 amide bonds. The molecule has 0 unspecified atom stereocenters. The molecule has 0 bridgehead atoms. The molecule has 19 heavy (non-hydrogen) atoms. The second-order valence-corrected chi connectivity index (χ2v) is 5.36. The van der Waals surface area contributed by atoms with Gasteiger partial charge < -0.3 is 15.4 Å². The zero-order valence-corrected chi connectivity index (χ0v) is 12.1. The minimum atomic E-state index is -0.347. The van der Waals surface area contributed by atoms with Crippen LogP contribution in [0.1, 0.15) is 24.5 Å². The van der Waals surface area contributed by atoms with Crippen molar-refractivity contribution in [3.8, 4) is 0 Å². The van der Waals surface area contributed by atoms with Gasteiger partial charge in [0.25, 0.3) is 0 Å². The van der Waals surface area contributed by atoms with Crippen molar-refractivity contribution in [3.63, 3.8) is 0 Å². The van der Waals surface area contributed by atoms with E-state index >= 15 is 0 Å². The molecule has 0 spiro atoms. The van der Waals surface area contributed by atoms with E-state index in [2.05, 4.69) is 10.6 Å². The average Bonchev–Trinajstić information content (AvgIpc) is 2.62. The summed E-state index contributed by atoms with van der Waals surface area (Å²) in [5, 5.41) is 6.57. The number of carbonyl (C=O) groups excluding carboxylic acids is 1. The molecule has 2 atom stereocenters. The van der Waals surface area contributed by atoms with Gasteiger partial charge in [-0.2, -0.15) is 0 Å². The van der Waals surface area contributed by atoms with E-state index in [0.717, 1.165) is 16.8 Å². The molecule has 0 radical (unpaired) electrons. The van der Waals surface area contributed by atoms with Crippen molar-refractivity contribution in [1.29, 1.82) is 0 Å². The highest BCUT2D eigenvalue weighted by atomic mass is 32.1. The lowest BCUT2D eigenvalue weighted by Crippen LogP contribution is -2.40. The highest BCUT2D eigenvalue weighted by Gasteiger charge is 2.32. The van der Waals surface area contributed by atoms with Crippen LogP contribution in [-0.2, 0) is 9.53 Å². The maximum Gasteiger partial charge on any atom is 0.329 e. The molecule has 4 nitrogen and oxygen atoms in total. The fraction of sp³-hybridized carbons (Fsp3) is 0.429. The van der Waals surface area contributed by atoms with Crippen LogP contribution < -0.4 is 10.6 Å². The number of hydrogen-bond donors (Lipinski definition) is 2. The lowest BCUT2D eigenvalue weighted by Gasteiger charge is -2.15. The third-order valence-corrected chi connectivity index (χ3v) is 3.34. The molecule has 5 heteroatoms. The number of thiocarbonyl (C=S) groups is 1. The predicted molar refractivity (Wildman–Crippen MR) is 79.2 cm³/mol. The van der Waals surface area contributed by atoms with Crippen molar-refractivity contribution in [2.24, 2.45) is 0 Å². The normalized spacial score (nSPS) is 21.9. The number of carbonyl (C=O) groups is 1. The number of esters is 1. The summed E-state index contributed by atoms with van der Waals surface area (Å²) < 4.78 is 5.08. The molecule has 1 aromatic carbocycles. The number of benzene rings is 1. The summed E-state index contributed by atoms with van der Waals surface area (Å²) in [6.07, 6.45) is 0.599.